The average Bonchev–Trinajstić information content (AvgIpc) is 2.47. The maximum atomic E-state index is 11.9. The summed E-state index contributed by atoms with van der Waals surface area (Å²) in [4.78, 5) is 14.1. The third-order valence-electron chi connectivity index (χ3n) is 3.11. The fraction of sp³-hybridized carbons (Fsp3) is 0.467. The van der Waals surface area contributed by atoms with Crippen LogP contribution in [-0.4, -0.2) is 36.0 Å². The van der Waals surface area contributed by atoms with Gasteiger partial charge in [-0.3, -0.25) is 4.79 Å². The zero-order chi connectivity index (χ0) is 15.0. The standard InChI is InChI=1S/C15H22N2O2S/c1-3-15(18)17(11-9-14(16)20)10-8-12-4-6-13(19-2)7-5-12/h4-7H,3,8-11H2,1-2H3,(H2,16,20). The van der Waals surface area contributed by atoms with E-state index in [1.165, 1.54) is 5.56 Å². The summed E-state index contributed by atoms with van der Waals surface area (Å²) in [7, 11) is 1.65. The van der Waals surface area contributed by atoms with Gasteiger partial charge in [-0.05, 0) is 24.1 Å². The Hall–Kier alpha value is -1.62. The monoisotopic (exact) mass is 294 g/mol. The highest BCUT2D eigenvalue weighted by molar-refractivity contribution is 7.80. The zero-order valence-electron chi connectivity index (χ0n) is 12.1. The molecule has 2 N–H and O–H groups in total. The number of thiocarbonyl (C=S) groups is 1. The van der Waals surface area contributed by atoms with Gasteiger partial charge in [0.15, 0.2) is 0 Å². The number of ether oxygens (including phenoxy) is 1. The average molecular weight is 294 g/mol. The van der Waals surface area contributed by atoms with E-state index in [1.54, 1.807) is 7.11 Å². The van der Waals surface area contributed by atoms with Crippen molar-refractivity contribution in [1.29, 1.82) is 0 Å². The van der Waals surface area contributed by atoms with Crippen molar-refractivity contribution >= 4 is 23.1 Å². The number of hydrogen-bond donors (Lipinski definition) is 1. The van der Waals surface area contributed by atoms with Crippen molar-refractivity contribution in [2.24, 2.45) is 5.73 Å². The Labute approximate surface area is 125 Å². The molecule has 1 amide bonds. The molecule has 0 heterocycles. The van der Waals surface area contributed by atoms with Gasteiger partial charge < -0.3 is 15.4 Å². The van der Waals surface area contributed by atoms with Crippen LogP contribution >= 0.6 is 12.2 Å². The van der Waals surface area contributed by atoms with Gasteiger partial charge in [0.05, 0.1) is 12.1 Å². The molecule has 0 aliphatic heterocycles. The van der Waals surface area contributed by atoms with E-state index in [4.69, 9.17) is 22.7 Å². The molecule has 5 heteroatoms. The minimum absolute atomic E-state index is 0.134. The number of amides is 1. The summed E-state index contributed by atoms with van der Waals surface area (Å²) in [6.45, 7) is 3.14. The van der Waals surface area contributed by atoms with Crippen molar-refractivity contribution in [2.75, 3.05) is 20.2 Å². The minimum Gasteiger partial charge on any atom is -0.497 e. The molecule has 0 fully saturated rings. The fourth-order valence-corrected chi connectivity index (χ4v) is 1.98. The first kappa shape index (κ1) is 16.4. The van der Waals surface area contributed by atoms with Gasteiger partial charge >= 0.3 is 0 Å². The molecule has 4 nitrogen and oxygen atoms in total. The van der Waals surface area contributed by atoms with Crippen LogP contribution < -0.4 is 10.5 Å². The molecule has 0 radical (unpaired) electrons. The quantitative estimate of drug-likeness (QED) is 0.746. The molecule has 0 aliphatic rings. The molecule has 0 saturated heterocycles. The Morgan fingerprint density at radius 2 is 1.95 bits per heavy atom. The SMILES string of the molecule is CCC(=O)N(CCC(N)=S)CCc1ccc(OC)cc1. The van der Waals surface area contributed by atoms with Crippen LogP contribution in [0.2, 0.25) is 0 Å². The Morgan fingerprint density at radius 1 is 1.30 bits per heavy atom. The van der Waals surface area contributed by atoms with Gasteiger partial charge in [0.25, 0.3) is 0 Å². The lowest BCUT2D eigenvalue weighted by Gasteiger charge is -2.22. The Bertz CT molecular complexity index is 446. The predicted octanol–water partition coefficient (Wildman–Crippen LogP) is 2.15. The Balaban J connectivity index is 2.55. The van der Waals surface area contributed by atoms with Gasteiger partial charge in [-0.25, -0.2) is 0 Å². The number of benzene rings is 1. The first-order valence-electron chi connectivity index (χ1n) is 6.75. The summed E-state index contributed by atoms with van der Waals surface area (Å²) < 4.78 is 5.12. The second-order valence-corrected chi connectivity index (χ2v) is 5.07. The highest BCUT2D eigenvalue weighted by Gasteiger charge is 2.11. The predicted molar refractivity (Wildman–Crippen MR) is 85.0 cm³/mol. The Morgan fingerprint density at radius 3 is 2.45 bits per heavy atom. The molecule has 1 aromatic carbocycles. The highest BCUT2D eigenvalue weighted by atomic mass is 32.1. The summed E-state index contributed by atoms with van der Waals surface area (Å²) in [5, 5.41) is 0. The van der Waals surface area contributed by atoms with Gasteiger partial charge in [0.2, 0.25) is 5.91 Å². The molecule has 0 atom stereocenters. The third kappa shape index (κ3) is 5.57. The molecule has 0 bridgehead atoms. The van der Waals surface area contributed by atoms with Crippen molar-refractivity contribution in [3.05, 3.63) is 29.8 Å². The van der Waals surface area contributed by atoms with Gasteiger partial charge in [-0.15, -0.1) is 0 Å². The third-order valence-corrected chi connectivity index (χ3v) is 3.32. The normalized spacial score (nSPS) is 10.1. The molecule has 20 heavy (non-hydrogen) atoms. The number of rotatable bonds is 8. The zero-order valence-corrected chi connectivity index (χ0v) is 12.9. The van der Waals surface area contributed by atoms with Crippen molar-refractivity contribution in [1.82, 2.24) is 4.90 Å². The van der Waals surface area contributed by atoms with Crippen molar-refractivity contribution < 1.29 is 9.53 Å². The van der Waals surface area contributed by atoms with Crippen molar-refractivity contribution in [2.45, 2.75) is 26.2 Å². The molecule has 0 saturated carbocycles. The highest BCUT2D eigenvalue weighted by Crippen LogP contribution is 2.12. The molecule has 1 aromatic rings. The van der Waals surface area contributed by atoms with E-state index in [-0.39, 0.29) is 5.91 Å². The maximum Gasteiger partial charge on any atom is 0.222 e. The molecular formula is C15H22N2O2S. The van der Waals surface area contributed by atoms with Crippen LogP contribution in [0.4, 0.5) is 0 Å². The van der Waals surface area contributed by atoms with Crippen LogP contribution in [0.5, 0.6) is 5.75 Å². The number of hydrogen-bond acceptors (Lipinski definition) is 3. The molecule has 110 valence electrons. The topological polar surface area (TPSA) is 55.6 Å². The van der Waals surface area contributed by atoms with Crippen LogP contribution in [0.25, 0.3) is 0 Å². The van der Waals surface area contributed by atoms with Gasteiger partial charge in [-0.1, -0.05) is 31.3 Å². The summed E-state index contributed by atoms with van der Waals surface area (Å²) in [5.74, 6) is 0.971. The lowest BCUT2D eigenvalue weighted by Crippen LogP contribution is -2.34. The molecular weight excluding hydrogens is 272 g/mol. The number of carbonyl (C=O) groups is 1. The lowest BCUT2D eigenvalue weighted by atomic mass is 10.1. The first-order valence-corrected chi connectivity index (χ1v) is 7.16. The number of nitrogens with two attached hydrogens (primary N) is 1. The largest absolute Gasteiger partial charge is 0.497 e. The molecule has 1 rings (SSSR count). The summed E-state index contributed by atoms with van der Waals surface area (Å²) in [6, 6.07) is 7.88. The second-order valence-electron chi connectivity index (χ2n) is 4.55. The summed E-state index contributed by atoms with van der Waals surface area (Å²) in [6.07, 6.45) is 1.89. The van der Waals surface area contributed by atoms with E-state index in [0.717, 1.165) is 12.2 Å². The smallest absolute Gasteiger partial charge is 0.222 e. The maximum absolute atomic E-state index is 11.9. The van der Waals surface area contributed by atoms with Gasteiger partial charge in [0.1, 0.15) is 5.75 Å². The van der Waals surface area contributed by atoms with Crippen molar-refractivity contribution in [3.8, 4) is 5.75 Å². The van der Waals surface area contributed by atoms with E-state index in [0.29, 0.717) is 30.9 Å². The number of nitrogens with zero attached hydrogens (tertiary/aromatic N) is 1. The van der Waals surface area contributed by atoms with E-state index in [9.17, 15) is 4.79 Å². The molecule has 0 aliphatic carbocycles. The van der Waals surface area contributed by atoms with E-state index in [2.05, 4.69) is 0 Å². The van der Waals surface area contributed by atoms with Crippen LogP contribution in [0.1, 0.15) is 25.3 Å². The van der Waals surface area contributed by atoms with E-state index >= 15 is 0 Å². The fourth-order valence-electron chi connectivity index (χ4n) is 1.89. The van der Waals surface area contributed by atoms with Crippen LogP contribution in [-0.2, 0) is 11.2 Å². The number of carbonyl (C=O) groups excluding carboxylic acids is 1. The van der Waals surface area contributed by atoms with E-state index in [1.807, 2.05) is 36.1 Å². The second kappa shape index (κ2) is 8.53. The summed E-state index contributed by atoms with van der Waals surface area (Å²) in [5.41, 5.74) is 6.68. The van der Waals surface area contributed by atoms with E-state index < -0.39 is 0 Å². The van der Waals surface area contributed by atoms with Crippen molar-refractivity contribution in [3.63, 3.8) is 0 Å². The van der Waals surface area contributed by atoms with Gasteiger partial charge in [0, 0.05) is 25.9 Å². The Kier molecular flexibility index (Phi) is 7.01. The van der Waals surface area contributed by atoms with Crippen LogP contribution in [0.15, 0.2) is 24.3 Å². The molecule has 0 spiro atoms. The van der Waals surface area contributed by atoms with Crippen LogP contribution in [0, 0.1) is 0 Å². The summed E-state index contributed by atoms with van der Waals surface area (Å²) >= 11 is 4.87. The van der Waals surface area contributed by atoms with Crippen LogP contribution in [0.3, 0.4) is 0 Å². The number of methoxy groups -OCH3 is 1. The first-order chi connectivity index (χ1) is 9.56. The molecule has 0 aromatic heterocycles. The molecule has 0 unspecified atom stereocenters. The van der Waals surface area contributed by atoms with Gasteiger partial charge in [-0.2, -0.15) is 0 Å². The minimum atomic E-state index is 0.134. The lowest BCUT2D eigenvalue weighted by molar-refractivity contribution is -0.130.